The van der Waals surface area contributed by atoms with Crippen molar-refractivity contribution >= 4 is 11.9 Å². The number of amides is 1. The van der Waals surface area contributed by atoms with E-state index in [1.807, 2.05) is 30.3 Å². The Hall–Kier alpha value is -1.92. The first-order chi connectivity index (χ1) is 12.0. The monoisotopic (exact) mass is 348 g/mol. The fraction of sp³-hybridized carbons (Fsp3) is 0.579. The number of carbonyl (C=O) groups is 2. The van der Waals surface area contributed by atoms with E-state index >= 15 is 0 Å². The maximum atomic E-state index is 12.0. The largest absolute Gasteiger partial charge is 0.468 e. The minimum atomic E-state index is -0.420. The van der Waals surface area contributed by atoms with Crippen LogP contribution in [0.4, 0.5) is 0 Å². The standard InChI is InChI=1S/C19H28N2O4/c1-20(14-18(23)25-2)17(22)10-13-21-11-8-16(9-12-21)19(24)15-6-4-3-5-7-15/h3-7,16,19,24H,8-14H2,1-2H3/t19-/m0/s1. The Balaban J connectivity index is 1.72. The van der Waals surface area contributed by atoms with Crippen molar-refractivity contribution in [2.75, 3.05) is 40.3 Å². The molecule has 0 unspecified atom stereocenters. The summed E-state index contributed by atoms with van der Waals surface area (Å²) in [6.45, 7) is 2.42. The number of carbonyl (C=O) groups excluding carboxylic acids is 2. The van der Waals surface area contributed by atoms with Crippen molar-refractivity contribution in [3.8, 4) is 0 Å². The van der Waals surface area contributed by atoms with Gasteiger partial charge in [0.15, 0.2) is 0 Å². The number of hydrogen-bond donors (Lipinski definition) is 1. The van der Waals surface area contributed by atoms with Crippen LogP contribution in [0.1, 0.15) is 30.9 Å². The average Bonchev–Trinajstić information content (AvgIpc) is 2.66. The second-order valence-corrected chi connectivity index (χ2v) is 6.61. The van der Waals surface area contributed by atoms with Crippen LogP contribution >= 0.6 is 0 Å². The van der Waals surface area contributed by atoms with E-state index in [9.17, 15) is 14.7 Å². The van der Waals surface area contributed by atoms with Crippen LogP contribution in [0, 0.1) is 5.92 Å². The summed E-state index contributed by atoms with van der Waals surface area (Å²) < 4.78 is 4.57. The van der Waals surface area contributed by atoms with Gasteiger partial charge in [0.25, 0.3) is 0 Å². The van der Waals surface area contributed by atoms with Gasteiger partial charge < -0.3 is 19.6 Å². The lowest BCUT2D eigenvalue weighted by Gasteiger charge is -2.34. The molecule has 0 bridgehead atoms. The zero-order valence-electron chi connectivity index (χ0n) is 15.1. The summed E-state index contributed by atoms with van der Waals surface area (Å²) in [6, 6.07) is 9.78. The molecule has 1 saturated heterocycles. The van der Waals surface area contributed by atoms with Crippen LogP contribution < -0.4 is 0 Å². The van der Waals surface area contributed by atoms with Crippen molar-refractivity contribution in [3.05, 3.63) is 35.9 Å². The number of nitrogens with zero attached hydrogens (tertiary/aromatic N) is 2. The highest BCUT2D eigenvalue weighted by atomic mass is 16.5. The number of esters is 1. The van der Waals surface area contributed by atoms with E-state index in [2.05, 4.69) is 9.64 Å². The number of rotatable bonds is 7. The number of aliphatic hydroxyl groups is 1. The lowest BCUT2D eigenvalue weighted by atomic mass is 9.87. The third-order valence-electron chi connectivity index (χ3n) is 4.88. The average molecular weight is 348 g/mol. The summed E-state index contributed by atoms with van der Waals surface area (Å²) in [5, 5.41) is 10.5. The minimum absolute atomic E-state index is 0.0132. The quantitative estimate of drug-likeness (QED) is 0.756. The minimum Gasteiger partial charge on any atom is -0.468 e. The van der Waals surface area contributed by atoms with E-state index in [-0.39, 0.29) is 18.4 Å². The Morgan fingerprint density at radius 2 is 1.92 bits per heavy atom. The molecule has 1 amide bonds. The smallest absolute Gasteiger partial charge is 0.325 e. The van der Waals surface area contributed by atoms with E-state index in [0.717, 1.165) is 31.5 Å². The van der Waals surface area contributed by atoms with Crippen LogP contribution in [-0.2, 0) is 14.3 Å². The number of aliphatic hydroxyl groups excluding tert-OH is 1. The van der Waals surface area contributed by atoms with Crippen LogP contribution in [0.3, 0.4) is 0 Å². The Morgan fingerprint density at radius 3 is 2.52 bits per heavy atom. The molecule has 0 saturated carbocycles. The highest BCUT2D eigenvalue weighted by molar-refractivity contribution is 5.81. The summed E-state index contributed by atoms with van der Waals surface area (Å²) in [5.74, 6) is -0.209. The SMILES string of the molecule is COC(=O)CN(C)C(=O)CCN1CCC([C@@H](O)c2ccccc2)CC1. The summed E-state index contributed by atoms with van der Waals surface area (Å²) in [5.41, 5.74) is 0.973. The van der Waals surface area contributed by atoms with Crippen molar-refractivity contribution in [1.82, 2.24) is 9.80 Å². The van der Waals surface area contributed by atoms with Crippen molar-refractivity contribution < 1.29 is 19.4 Å². The number of likely N-dealkylation sites (tertiary alicyclic amines) is 1. The predicted molar refractivity (Wildman–Crippen MR) is 94.8 cm³/mol. The topological polar surface area (TPSA) is 70.1 Å². The summed E-state index contributed by atoms with van der Waals surface area (Å²) in [6.07, 6.45) is 1.81. The first kappa shape index (κ1) is 19.4. The molecule has 0 aromatic heterocycles. The fourth-order valence-corrected chi connectivity index (χ4v) is 3.21. The van der Waals surface area contributed by atoms with Gasteiger partial charge in [0.1, 0.15) is 6.54 Å². The number of ether oxygens (including phenoxy) is 1. The molecular weight excluding hydrogens is 320 g/mol. The molecule has 6 heteroatoms. The molecule has 1 aromatic carbocycles. The van der Waals surface area contributed by atoms with Gasteiger partial charge in [-0.15, -0.1) is 0 Å². The molecule has 1 N–H and O–H groups in total. The van der Waals surface area contributed by atoms with Gasteiger partial charge in [-0.25, -0.2) is 0 Å². The lowest BCUT2D eigenvalue weighted by molar-refractivity contribution is -0.146. The second kappa shape index (κ2) is 9.53. The molecule has 6 nitrogen and oxygen atoms in total. The first-order valence-corrected chi connectivity index (χ1v) is 8.77. The van der Waals surface area contributed by atoms with E-state index in [1.54, 1.807) is 7.05 Å². The molecule has 2 rings (SSSR count). The maximum absolute atomic E-state index is 12.0. The summed E-state index contributed by atoms with van der Waals surface area (Å²) in [7, 11) is 2.93. The van der Waals surface area contributed by atoms with Crippen LogP contribution in [0.2, 0.25) is 0 Å². The third kappa shape index (κ3) is 5.83. The third-order valence-corrected chi connectivity index (χ3v) is 4.88. The molecule has 1 heterocycles. The van der Waals surface area contributed by atoms with Gasteiger partial charge >= 0.3 is 5.97 Å². The first-order valence-electron chi connectivity index (χ1n) is 8.77. The van der Waals surface area contributed by atoms with Crippen molar-refractivity contribution in [2.45, 2.75) is 25.4 Å². The molecule has 25 heavy (non-hydrogen) atoms. The van der Waals surface area contributed by atoms with Crippen LogP contribution in [0.15, 0.2) is 30.3 Å². The molecule has 1 aromatic rings. The predicted octanol–water partition coefficient (Wildman–Crippen LogP) is 1.45. The van der Waals surface area contributed by atoms with Gasteiger partial charge in [-0.1, -0.05) is 30.3 Å². The number of hydrogen-bond acceptors (Lipinski definition) is 5. The highest BCUT2D eigenvalue weighted by Gasteiger charge is 2.26. The molecular formula is C19H28N2O4. The Morgan fingerprint density at radius 1 is 1.28 bits per heavy atom. The molecule has 0 aliphatic carbocycles. The zero-order valence-corrected chi connectivity index (χ0v) is 15.1. The molecule has 1 atom stereocenters. The highest BCUT2D eigenvalue weighted by Crippen LogP contribution is 2.30. The van der Waals surface area contributed by atoms with Gasteiger partial charge in [0.2, 0.25) is 5.91 Å². The zero-order chi connectivity index (χ0) is 18.2. The van der Waals surface area contributed by atoms with Gasteiger partial charge in [0.05, 0.1) is 13.2 Å². The van der Waals surface area contributed by atoms with Crippen molar-refractivity contribution in [1.29, 1.82) is 0 Å². The van der Waals surface area contributed by atoms with Gasteiger partial charge in [-0.3, -0.25) is 9.59 Å². The van der Waals surface area contributed by atoms with Crippen LogP contribution in [-0.4, -0.2) is 67.1 Å². The Labute approximate surface area is 149 Å². The fourth-order valence-electron chi connectivity index (χ4n) is 3.21. The summed E-state index contributed by atoms with van der Waals surface area (Å²) in [4.78, 5) is 26.9. The maximum Gasteiger partial charge on any atom is 0.325 e. The van der Waals surface area contributed by atoms with Crippen LogP contribution in [0.25, 0.3) is 0 Å². The number of benzene rings is 1. The molecule has 0 radical (unpaired) electrons. The summed E-state index contributed by atoms with van der Waals surface area (Å²) >= 11 is 0. The number of methoxy groups -OCH3 is 1. The molecule has 1 aliphatic rings. The van der Waals surface area contributed by atoms with E-state index < -0.39 is 12.1 Å². The van der Waals surface area contributed by atoms with E-state index in [1.165, 1.54) is 12.0 Å². The van der Waals surface area contributed by atoms with E-state index in [0.29, 0.717) is 13.0 Å². The van der Waals surface area contributed by atoms with Gasteiger partial charge in [0, 0.05) is 20.0 Å². The Bertz CT molecular complexity index is 556. The van der Waals surface area contributed by atoms with E-state index in [4.69, 9.17) is 0 Å². The van der Waals surface area contributed by atoms with Gasteiger partial charge in [-0.05, 0) is 37.4 Å². The normalized spacial score (nSPS) is 17.1. The Kier molecular flexibility index (Phi) is 7.40. The molecule has 1 aliphatic heterocycles. The van der Waals surface area contributed by atoms with Crippen molar-refractivity contribution in [3.63, 3.8) is 0 Å². The molecule has 0 spiro atoms. The van der Waals surface area contributed by atoms with Crippen molar-refractivity contribution in [2.24, 2.45) is 5.92 Å². The number of likely N-dealkylation sites (N-methyl/N-ethyl adjacent to an activating group) is 1. The van der Waals surface area contributed by atoms with Gasteiger partial charge in [-0.2, -0.15) is 0 Å². The molecule has 1 fully saturated rings. The molecule has 138 valence electrons. The number of piperidine rings is 1. The lowest BCUT2D eigenvalue weighted by Crippen LogP contribution is -2.39. The van der Waals surface area contributed by atoms with Crippen LogP contribution in [0.5, 0.6) is 0 Å². The second-order valence-electron chi connectivity index (χ2n) is 6.61.